The van der Waals surface area contributed by atoms with Gasteiger partial charge in [0.05, 0.1) is 24.4 Å². The highest BCUT2D eigenvalue weighted by Gasteiger charge is 2.12. The molecule has 2 N–H and O–H groups in total. The smallest absolute Gasteiger partial charge is 0.409 e. The van der Waals surface area contributed by atoms with Crippen LogP contribution in [0, 0.1) is 11.3 Å². The largest absolute Gasteiger partial charge is 0.496 e. The molecule has 2 aromatic rings. The molecule has 0 fully saturated rings. The van der Waals surface area contributed by atoms with Gasteiger partial charge in [-0.15, -0.1) is 0 Å². The number of amides is 1. The van der Waals surface area contributed by atoms with Gasteiger partial charge in [0.2, 0.25) is 0 Å². The van der Waals surface area contributed by atoms with Crippen LogP contribution in [-0.2, 0) is 0 Å². The minimum atomic E-state index is -1.15. The van der Waals surface area contributed by atoms with Crippen LogP contribution < -0.4 is 10.1 Å². The highest BCUT2D eigenvalue weighted by atomic mass is 16.5. The molecule has 5 heteroatoms. The summed E-state index contributed by atoms with van der Waals surface area (Å²) < 4.78 is 5.27. The third kappa shape index (κ3) is 2.70. The van der Waals surface area contributed by atoms with Crippen LogP contribution in [-0.4, -0.2) is 18.3 Å². The Kier molecular flexibility index (Phi) is 3.87. The summed E-state index contributed by atoms with van der Waals surface area (Å²) in [6.45, 7) is 0. The Hall–Kier alpha value is -3.00. The minimum absolute atomic E-state index is 0.438. The van der Waals surface area contributed by atoms with Crippen molar-refractivity contribution in [3.05, 3.63) is 48.0 Å². The van der Waals surface area contributed by atoms with Crippen molar-refractivity contribution in [1.29, 1.82) is 5.26 Å². The number of carbonyl (C=O) groups is 1. The Morgan fingerprint density at radius 3 is 2.65 bits per heavy atom. The van der Waals surface area contributed by atoms with Gasteiger partial charge in [-0.2, -0.15) is 5.26 Å². The summed E-state index contributed by atoms with van der Waals surface area (Å²) in [6, 6.07) is 14.0. The van der Waals surface area contributed by atoms with Gasteiger partial charge in [-0.05, 0) is 24.3 Å². The highest BCUT2D eigenvalue weighted by Crippen LogP contribution is 2.35. The SMILES string of the molecule is COc1ccc(C#N)cc1-c1ccccc1NC(=O)O. The molecule has 2 aromatic carbocycles. The molecule has 0 spiro atoms. The quantitative estimate of drug-likeness (QED) is 0.894. The Balaban J connectivity index is 2.61. The van der Waals surface area contributed by atoms with Crippen LogP contribution in [0.5, 0.6) is 5.75 Å². The second-order valence-corrected chi connectivity index (χ2v) is 4.00. The van der Waals surface area contributed by atoms with Gasteiger partial charge in [0.25, 0.3) is 0 Å². The number of methoxy groups -OCH3 is 1. The normalized spacial score (nSPS) is 9.60. The number of ether oxygens (including phenoxy) is 1. The maximum Gasteiger partial charge on any atom is 0.409 e. The number of rotatable bonds is 3. The van der Waals surface area contributed by atoms with E-state index in [1.54, 1.807) is 42.5 Å². The third-order valence-electron chi connectivity index (χ3n) is 2.79. The van der Waals surface area contributed by atoms with E-state index in [2.05, 4.69) is 11.4 Å². The number of benzene rings is 2. The molecule has 0 aliphatic carbocycles. The number of carboxylic acid groups (broad SMARTS) is 1. The molecule has 2 rings (SSSR count). The Morgan fingerprint density at radius 1 is 1.25 bits per heavy atom. The molecule has 0 aromatic heterocycles. The van der Waals surface area contributed by atoms with E-state index in [4.69, 9.17) is 15.1 Å². The molecular formula is C15H12N2O3. The first-order chi connectivity index (χ1) is 9.65. The van der Waals surface area contributed by atoms with Crippen LogP contribution in [0.4, 0.5) is 10.5 Å². The molecule has 0 radical (unpaired) electrons. The third-order valence-corrected chi connectivity index (χ3v) is 2.79. The number of para-hydroxylation sites is 1. The summed E-state index contributed by atoms with van der Waals surface area (Å²) in [5.74, 6) is 0.573. The minimum Gasteiger partial charge on any atom is -0.496 e. The topological polar surface area (TPSA) is 82.3 Å². The molecule has 5 nitrogen and oxygen atoms in total. The van der Waals surface area contributed by atoms with E-state index in [0.717, 1.165) is 0 Å². The maximum absolute atomic E-state index is 10.8. The van der Waals surface area contributed by atoms with Crippen molar-refractivity contribution in [2.75, 3.05) is 12.4 Å². The average molecular weight is 268 g/mol. The molecular weight excluding hydrogens is 256 g/mol. The number of anilines is 1. The summed E-state index contributed by atoms with van der Waals surface area (Å²) in [7, 11) is 1.53. The van der Waals surface area contributed by atoms with Gasteiger partial charge in [-0.1, -0.05) is 18.2 Å². The lowest BCUT2D eigenvalue weighted by atomic mass is 10.0. The van der Waals surface area contributed by atoms with Crippen molar-refractivity contribution in [3.8, 4) is 22.9 Å². The van der Waals surface area contributed by atoms with Crippen LogP contribution in [0.15, 0.2) is 42.5 Å². The monoisotopic (exact) mass is 268 g/mol. The van der Waals surface area contributed by atoms with Crippen molar-refractivity contribution < 1.29 is 14.6 Å². The first-order valence-electron chi connectivity index (χ1n) is 5.83. The number of hydrogen-bond acceptors (Lipinski definition) is 3. The first-order valence-corrected chi connectivity index (χ1v) is 5.83. The molecule has 0 bridgehead atoms. The van der Waals surface area contributed by atoms with Crippen molar-refractivity contribution in [3.63, 3.8) is 0 Å². The molecule has 20 heavy (non-hydrogen) atoms. The molecule has 0 aliphatic rings. The lowest BCUT2D eigenvalue weighted by Crippen LogP contribution is -2.08. The van der Waals surface area contributed by atoms with Crippen molar-refractivity contribution in [2.24, 2.45) is 0 Å². The van der Waals surface area contributed by atoms with Crippen LogP contribution in [0.2, 0.25) is 0 Å². The van der Waals surface area contributed by atoms with Gasteiger partial charge in [0.15, 0.2) is 0 Å². The number of hydrogen-bond donors (Lipinski definition) is 2. The number of nitrogens with zero attached hydrogens (tertiary/aromatic N) is 1. The summed E-state index contributed by atoms with van der Waals surface area (Å²) in [5.41, 5.74) is 2.24. The first kappa shape index (κ1) is 13.4. The van der Waals surface area contributed by atoms with E-state index in [9.17, 15) is 4.79 Å². The van der Waals surface area contributed by atoms with Crippen LogP contribution in [0.25, 0.3) is 11.1 Å². The molecule has 0 saturated heterocycles. The van der Waals surface area contributed by atoms with E-state index in [0.29, 0.717) is 28.1 Å². The van der Waals surface area contributed by atoms with Crippen LogP contribution in [0.1, 0.15) is 5.56 Å². The van der Waals surface area contributed by atoms with Crippen molar-refractivity contribution in [1.82, 2.24) is 0 Å². The fourth-order valence-corrected chi connectivity index (χ4v) is 1.93. The van der Waals surface area contributed by atoms with E-state index in [1.807, 2.05) is 0 Å². The van der Waals surface area contributed by atoms with Gasteiger partial charge in [0, 0.05) is 11.1 Å². The lowest BCUT2D eigenvalue weighted by Gasteiger charge is -2.13. The lowest BCUT2D eigenvalue weighted by molar-refractivity contribution is 0.210. The summed E-state index contributed by atoms with van der Waals surface area (Å²) in [6.07, 6.45) is -1.15. The van der Waals surface area contributed by atoms with Crippen LogP contribution >= 0.6 is 0 Å². The molecule has 0 saturated carbocycles. The van der Waals surface area contributed by atoms with Gasteiger partial charge >= 0.3 is 6.09 Å². The number of nitriles is 1. The molecule has 0 unspecified atom stereocenters. The summed E-state index contributed by atoms with van der Waals surface area (Å²) in [5, 5.41) is 20.2. The summed E-state index contributed by atoms with van der Waals surface area (Å²) >= 11 is 0. The predicted molar refractivity (Wildman–Crippen MR) is 74.8 cm³/mol. The van der Waals surface area contributed by atoms with Gasteiger partial charge in [-0.3, -0.25) is 5.32 Å². The zero-order chi connectivity index (χ0) is 14.5. The Morgan fingerprint density at radius 2 is 2.00 bits per heavy atom. The fraction of sp³-hybridized carbons (Fsp3) is 0.0667. The zero-order valence-electron chi connectivity index (χ0n) is 10.8. The van der Waals surface area contributed by atoms with Crippen LogP contribution in [0.3, 0.4) is 0 Å². The second-order valence-electron chi connectivity index (χ2n) is 4.00. The standard InChI is InChI=1S/C15H12N2O3/c1-20-14-7-6-10(9-16)8-12(14)11-4-2-3-5-13(11)17-15(18)19/h2-8,17H,1H3,(H,18,19). The fourth-order valence-electron chi connectivity index (χ4n) is 1.93. The van der Waals surface area contributed by atoms with E-state index in [-0.39, 0.29) is 0 Å². The highest BCUT2D eigenvalue weighted by molar-refractivity contribution is 5.92. The molecule has 0 atom stereocenters. The average Bonchev–Trinajstić information content (AvgIpc) is 2.46. The Labute approximate surface area is 116 Å². The molecule has 0 heterocycles. The van der Waals surface area contributed by atoms with Crippen molar-refractivity contribution in [2.45, 2.75) is 0 Å². The zero-order valence-corrected chi connectivity index (χ0v) is 10.8. The predicted octanol–water partition coefficient (Wildman–Crippen LogP) is 3.32. The van der Waals surface area contributed by atoms with E-state index in [1.165, 1.54) is 7.11 Å². The molecule has 1 amide bonds. The van der Waals surface area contributed by atoms with Crippen molar-refractivity contribution >= 4 is 11.8 Å². The van der Waals surface area contributed by atoms with E-state index >= 15 is 0 Å². The van der Waals surface area contributed by atoms with Gasteiger partial charge in [0.1, 0.15) is 5.75 Å². The summed E-state index contributed by atoms with van der Waals surface area (Å²) in [4.78, 5) is 10.8. The second kappa shape index (κ2) is 5.76. The van der Waals surface area contributed by atoms with Gasteiger partial charge in [-0.25, -0.2) is 4.79 Å². The van der Waals surface area contributed by atoms with E-state index < -0.39 is 6.09 Å². The van der Waals surface area contributed by atoms with Gasteiger partial charge < -0.3 is 9.84 Å². The maximum atomic E-state index is 10.8. The molecule has 0 aliphatic heterocycles. The molecule has 100 valence electrons. The number of nitrogens with one attached hydrogen (secondary N) is 1. The Bertz CT molecular complexity index is 690.